The Morgan fingerprint density at radius 3 is 1.76 bits per heavy atom. The highest BCUT2D eigenvalue weighted by molar-refractivity contribution is 6.61. The summed E-state index contributed by atoms with van der Waals surface area (Å²) in [5.74, 6) is 0.161. The predicted molar refractivity (Wildman–Crippen MR) is 98.4 cm³/mol. The summed E-state index contributed by atoms with van der Waals surface area (Å²) in [6.07, 6.45) is -0.851. The molecule has 0 aromatic rings. The predicted octanol–water partition coefficient (Wildman–Crippen LogP) is 4.93. The summed E-state index contributed by atoms with van der Waals surface area (Å²) in [6, 6.07) is 0. The Hall–Kier alpha value is 0.0200. The number of hydrogen-bond acceptors (Lipinski definition) is 6. The lowest BCUT2D eigenvalue weighted by molar-refractivity contribution is -0.137. The summed E-state index contributed by atoms with van der Waals surface area (Å²) in [7, 11) is 0. The van der Waals surface area contributed by atoms with Crippen LogP contribution in [0.5, 0.6) is 0 Å². The molecule has 0 saturated carbocycles. The van der Waals surface area contributed by atoms with E-state index in [1.165, 1.54) is 0 Å². The van der Waals surface area contributed by atoms with Gasteiger partial charge >= 0.3 is 10.9 Å². The van der Waals surface area contributed by atoms with Crippen molar-refractivity contribution in [1.82, 2.24) is 0 Å². The Morgan fingerprint density at radius 2 is 1.32 bits per heavy atom. The van der Waals surface area contributed by atoms with E-state index in [9.17, 15) is 9.59 Å². The number of carbonyl (C=O) groups excluding carboxylic acids is 2. The van der Waals surface area contributed by atoms with Gasteiger partial charge in [-0.3, -0.25) is 0 Å². The molecule has 0 aliphatic rings. The van der Waals surface area contributed by atoms with Crippen molar-refractivity contribution in [3.8, 4) is 0 Å². The number of rotatable bonds is 12. The van der Waals surface area contributed by atoms with Gasteiger partial charge in [0, 0.05) is 29.6 Å². The fourth-order valence-corrected chi connectivity index (χ4v) is 2.41. The smallest absolute Gasteiger partial charge is 0.404 e. The molecule has 0 aliphatic carbocycles. The van der Waals surface area contributed by atoms with Gasteiger partial charge < -0.3 is 18.9 Å². The van der Waals surface area contributed by atoms with Crippen LogP contribution in [0.25, 0.3) is 0 Å². The molecule has 0 fully saturated rings. The summed E-state index contributed by atoms with van der Waals surface area (Å²) in [5, 5.41) is 0. The Morgan fingerprint density at radius 1 is 0.840 bits per heavy atom. The molecular formula is C15H24Cl4O6. The van der Waals surface area contributed by atoms with Crippen LogP contribution in [0.2, 0.25) is 0 Å². The second-order valence-electron chi connectivity index (χ2n) is 6.59. The van der Waals surface area contributed by atoms with Gasteiger partial charge in [-0.15, -0.1) is 23.2 Å². The lowest BCUT2D eigenvalue weighted by Gasteiger charge is -2.34. The quantitative estimate of drug-likeness (QED) is 0.315. The van der Waals surface area contributed by atoms with E-state index in [4.69, 9.17) is 65.4 Å². The molecule has 0 heterocycles. The standard InChI is InChI=1S/C15H24Cl4O6/c1-14(2,5-10(6-16)24-12(18)20)23-9-15(3,4)22-8-11(7-17)25-13(19)21/h10-11H,5-9H2,1-4H3. The van der Waals surface area contributed by atoms with Crippen LogP contribution in [-0.2, 0) is 18.9 Å². The van der Waals surface area contributed by atoms with Gasteiger partial charge in [0.15, 0.2) is 0 Å². The van der Waals surface area contributed by atoms with Crippen molar-refractivity contribution in [3.63, 3.8) is 0 Å². The van der Waals surface area contributed by atoms with Gasteiger partial charge in [-0.25, -0.2) is 9.59 Å². The maximum absolute atomic E-state index is 10.8. The van der Waals surface area contributed by atoms with Crippen LogP contribution < -0.4 is 0 Å². The van der Waals surface area contributed by atoms with Crippen LogP contribution in [0.1, 0.15) is 34.1 Å². The molecule has 10 heteroatoms. The van der Waals surface area contributed by atoms with Crippen molar-refractivity contribution in [3.05, 3.63) is 0 Å². The zero-order valence-corrected chi connectivity index (χ0v) is 17.7. The zero-order chi connectivity index (χ0) is 19.7. The Labute approximate surface area is 168 Å². The number of halogens is 4. The molecule has 0 aromatic carbocycles. The minimum Gasteiger partial charge on any atom is -0.449 e. The first-order valence-corrected chi connectivity index (χ1v) is 9.35. The molecule has 0 rings (SSSR count). The van der Waals surface area contributed by atoms with Gasteiger partial charge in [0.2, 0.25) is 0 Å². The van der Waals surface area contributed by atoms with Gasteiger partial charge in [0.1, 0.15) is 12.2 Å². The minimum atomic E-state index is -0.939. The lowest BCUT2D eigenvalue weighted by atomic mass is 10.0. The number of alkyl halides is 2. The van der Waals surface area contributed by atoms with Gasteiger partial charge in [-0.05, 0) is 27.7 Å². The van der Waals surface area contributed by atoms with Crippen LogP contribution in [0.15, 0.2) is 0 Å². The molecule has 0 spiro atoms. The summed E-state index contributed by atoms with van der Waals surface area (Å²) in [6.45, 7) is 7.60. The fraction of sp³-hybridized carbons (Fsp3) is 0.867. The molecule has 2 atom stereocenters. The Kier molecular flexibility index (Phi) is 11.7. The maximum atomic E-state index is 10.8. The summed E-state index contributed by atoms with van der Waals surface area (Å²) in [4.78, 5) is 21.6. The van der Waals surface area contributed by atoms with E-state index in [2.05, 4.69) is 0 Å². The average molecular weight is 442 g/mol. The third-order valence-electron chi connectivity index (χ3n) is 3.05. The zero-order valence-electron chi connectivity index (χ0n) is 14.7. The SMILES string of the molecule is CC(C)(COC(C)(C)CC(CCl)OC(=O)Cl)OCC(CCl)OC(=O)Cl. The highest BCUT2D eigenvalue weighted by Crippen LogP contribution is 2.23. The summed E-state index contributed by atoms with van der Waals surface area (Å²) >= 11 is 21.8. The molecule has 0 amide bonds. The molecule has 2 unspecified atom stereocenters. The molecule has 148 valence electrons. The summed E-state index contributed by atoms with van der Waals surface area (Å²) < 4.78 is 21.3. The number of carbonyl (C=O) groups is 2. The Balaban J connectivity index is 4.48. The highest BCUT2D eigenvalue weighted by atomic mass is 35.5. The maximum Gasteiger partial charge on any atom is 0.404 e. The number of ether oxygens (including phenoxy) is 4. The second kappa shape index (κ2) is 11.7. The third kappa shape index (κ3) is 12.9. The van der Waals surface area contributed by atoms with Crippen molar-refractivity contribution < 1.29 is 28.5 Å². The van der Waals surface area contributed by atoms with E-state index >= 15 is 0 Å². The molecule has 0 bridgehead atoms. The normalized spacial score (nSPS) is 14.7. The second-order valence-corrected chi connectivity index (χ2v) is 7.82. The van der Waals surface area contributed by atoms with Crippen LogP contribution in [0.3, 0.4) is 0 Å². The van der Waals surface area contributed by atoms with Crippen LogP contribution in [0.4, 0.5) is 9.59 Å². The monoisotopic (exact) mass is 440 g/mol. The van der Waals surface area contributed by atoms with Gasteiger partial charge in [0.05, 0.1) is 36.2 Å². The molecule has 0 aliphatic heterocycles. The van der Waals surface area contributed by atoms with E-state index in [0.29, 0.717) is 6.42 Å². The van der Waals surface area contributed by atoms with Gasteiger partial charge in [0.25, 0.3) is 0 Å². The first kappa shape index (κ1) is 25.0. The van der Waals surface area contributed by atoms with E-state index < -0.39 is 34.3 Å². The third-order valence-corrected chi connectivity index (χ3v) is 3.92. The molecule has 0 aromatic heterocycles. The average Bonchev–Trinajstić information content (AvgIpc) is 2.48. The van der Waals surface area contributed by atoms with Gasteiger partial charge in [-0.2, -0.15) is 0 Å². The van der Waals surface area contributed by atoms with Crippen LogP contribution in [-0.4, -0.2) is 59.2 Å². The molecule has 6 nitrogen and oxygen atoms in total. The largest absolute Gasteiger partial charge is 0.449 e. The molecule has 0 saturated heterocycles. The van der Waals surface area contributed by atoms with Crippen molar-refractivity contribution in [2.45, 2.75) is 57.5 Å². The molecular weight excluding hydrogens is 418 g/mol. The van der Waals surface area contributed by atoms with Crippen molar-refractivity contribution in [1.29, 1.82) is 0 Å². The fourth-order valence-electron chi connectivity index (χ4n) is 1.84. The Bertz CT molecular complexity index is 430. The topological polar surface area (TPSA) is 71.1 Å². The van der Waals surface area contributed by atoms with Crippen molar-refractivity contribution >= 4 is 57.3 Å². The van der Waals surface area contributed by atoms with Crippen molar-refractivity contribution in [2.24, 2.45) is 0 Å². The van der Waals surface area contributed by atoms with Crippen LogP contribution >= 0.6 is 46.4 Å². The lowest BCUT2D eigenvalue weighted by Crippen LogP contribution is -2.40. The van der Waals surface area contributed by atoms with E-state index in [1.54, 1.807) is 0 Å². The molecule has 25 heavy (non-hydrogen) atoms. The minimum absolute atomic E-state index is 0.0576. The summed E-state index contributed by atoms with van der Waals surface area (Å²) in [5.41, 5.74) is -3.17. The van der Waals surface area contributed by atoms with Crippen molar-refractivity contribution in [2.75, 3.05) is 25.0 Å². The first-order chi connectivity index (χ1) is 11.4. The number of hydrogen-bond donors (Lipinski definition) is 0. The molecule has 0 N–H and O–H groups in total. The van der Waals surface area contributed by atoms with Gasteiger partial charge in [-0.1, -0.05) is 0 Å². The van der Waals surface area contributed by atoms with Crippen LogP contribution in [0, 0.1) is 0 Å². The van der Waals surface area contributed by atoms with E-state index in [-0.39, 0.29) is 25.0 Å². The molecule has 0 radical (unpaired) electrons. The van der Waals surface area contributed by atoms with E-state index in [1.807, 2.05) is 27.7 Å². The highest BCUT2D eigenvalue weighted by Gasteiger charge is 2.30. The first-order valence-electron chi connectivity index (χ1n) is 7.53. The van der Waals surface area contributed by atoms with E-state index in [0.717, 1.165) is 0 Å².